The average Bonchev–Trinajstić information content (AvgIpc) is 2.76. The smallest absolute Gasteiger partial charge is 0.191 e. The number of aliphatic imine (C=N–C) groups is 1. The van der Waals surface area contributed by atoms with Gasteiger partial charge < -0.3 is 29.9 Å². The van der Waals surface area contributed by atoms with Crippen molar-refractivity contribution >= 4 is 23.2 Å². The van der Waals surface area contributed by atoms with Crippen molar-refractivity contribution in [3.8, 4) is 0 Å². The van der Waals surface area contributed by atoms with Crippen molar-refractivity contribution in [2.75, 3.05) is 78.1 Å². The minimum absolute atomic E-state index is 0.608. The second kappa shape index (κ2) is 14.5. The number of halogens is 1. The molecule has 0 radical (unpaired) electrons. The highest BCUT2D eigenvalue weighted by atomic mass is 35.5. The van der Waals surface area contributed by atoms with Crippen LogP contribution in [0.15, 0.2) is 23.2 Å². The Morgan fingerprint density at radius 1 is 1.07 bits per heavy atom. The normalized spacial score (nSPS) is 15.5. The van der Waals surface area contributed by atoms with Gasteiger partial charge in [0.1, 0.15) is 0 Å². The van der Waals surface area contributed by atoms with Crippen molar-refractivity contribution in [2.24, 2.45) is 4.99 Å². The first kappa shape index (κ1) is 24.7. The Bertz CT molecular complexity index is 636. The highest BCUT2D eigenvalue weighted by Gasteiger charge is 2.18. The molecule has 2 rings (SSSR count). The second-order valence-corrected chi connectivity index (χ2v) is 7.87. The summed E-state index contributed by atoms with van der Waals surface area (Å²) < 4.78 is 11.1. The summed E-state index contributed by atoms with van der Waals surface area (Å²) in [4.78, 5) is 9.07. The standard InChI is InChI=1S/C22H38ClN5O2/c1-4-5-14-29-16-17-30-15-9-25-22(24-2)26-18-19-20(23)7-6-8-21(19)28-12-10-27(3)11-13-28/h6-8H,4-5,9-18H2,1-3H3,(H2,24,25,26). The van der Waals surface area contributed by atoms with E-state index in [1.807, 2.05) is 12.1 Å². The zero-order valence-corrected chi connectivity index (χ0v) is 19.5. The molecule has 1 aromatic rings. The largest absolute Gasteiger partial charge is 0.379 e. The highest BCUT2D eigenvalue weighted by Crippen LogP contribution is 2.28. The number of ether oxygens (including phenoxy) is 2. The lowest BCUT2D eigenvalue weighted by molar-refractivity contribution is 0.0487. The third kappa shape index (κ3) is 8.68. The van der Waals surface area contributed by atoms with Gasteiger partial charge in [-0.1, -0.05) is 31.0 Å². The number of hydrogen-bond acceptors (Lipinski definition) is 5. The van der Waals surface area contributed by atoms with Crippen molar-refractivity contribution < 1.29 is 9.47 Å². The van der Waals surface area contributed by atoms with E-state index >= 15 is 0 Å². The van der Waals surface area contributed by atoms with E-state index in [4.69, 9.17) is 21.1 Å². The predicted octanol–water partition coefficient (Wildman–Crippen LogP) is 2.59. The molecule has 0 aromatic heterocycles. The number of benzene rings is 1. The Labute approximate surface area is 186 Å². The number of likely N-dealkylation sites (N-methyl/N-ethyl adjacent to an activating group) is 1. The molecule has 8 heteroatoms. The third-order valence-corrected chi connectivity index (χ3v) is 5.50. The van der Waals surface area contributed by atoms with Crippen LogP contribution in [0.1, 0.15) is 25.3 Å². The van der Waals surface area contributed by atoms with Crippen molar-refractivity contribution in [1.82, 2.24) is 15.5 Å². The number of nitrogens with zero attached hydrogens (tertiary/aromatic N) is 3. The first-order valence-electron chi connectivity index (χ1n) is 11.0. The van der Waals surface area contributed by atoms with E-state index < -0.39 is 0 Å². The van der Waals surface area contributed by atoms with Gasteiger partial charge in [0.15, 0.2) is 5.96 Å². The summed E-state index contributed by atoms with van der Waals surface area (Å²) in [5, 5.41) is 7.44. The lowest BCUT2D eigenvalue weighted by Gasteiger charge is -2.35. The highest BCUT2D eigenvalue weighted by molar-refractivity contribution is 6.31. The van der Waals surface area contributed by atoms with Crippen LogP contribution in [0, 0.1) is 0 Å². The Morgan fingerprint density at radius 3 is 2.50 bits per heavy atom. The van der Waals surface area contributed by atoms with Gasteiger partial charge in [-0.15, -0.1) is 0 Å². The van der Waals surface area contributed by atoms with Gasteiger partial charge in [0, 0.05) is 69.2 Å². The van der Waals surface area contributed by atoms with Crippen LogP contribution in [0.25, 0.3) is 0 Å². The van der Waals surface area contributed by atoms with Crippen LogP contribution in [-0.4, -0.2) is 84.1 Å². The average molecular weight is 440 g/mol. The topological polar surface area (TPSA) is 61.4 Å². The number of rotatable bonds is 12. The molecule has 1 aromatic carbocycles. The monoisotopic (exact) mass is 439 g/mol. The van der Waals surface area contributed by atoms with Crippen LogP contribution < -0.4 is 15.5 Å². The minimum atomic E-state index is 0.608. The summed E-state index contributed by atoms with van der Waals surface area (Å²) in [6, 6.07) is 6.13. The molecular formula is C22H38ClN5O2. The molecule has 1 aliphatic heterocycles. The summed E-state index contributed by atoms with van der Waals surface area (Å²) >= 11 is 6.54. The molecule has 0 amide bonds. The fraction of sp³-hybridized carbons (Fsp3) is 0.682. The Morgan fingerprint density at radius 2 is 1.80 bits per heavy atom. The summed E-state index contributed by atoms with van der Waals surface area (Å²) in [6.45, 7) is 10.3. The molecule has 1 heterocycles. The fourth-order valence-electron chi connectivity index (χ4n) is 3.27. The number of unbranched alkanes of at least 4 members (excludes halogenated alkanes) is 1. The second-order valence-electron chi connectivity index (χ2n) is 7.46. The lowest BCUT2D eigenvalue weighted by atomic mass is 10.1. The van der Waals surface area contributed by atoms with Crippen molar-refractivity contribution in [1.29, 1.82) is 0 Å². The Kier molecular flexibility index (Phi) is 11.9. The van der Waals surface area contributed by atoms with Crippen LogP contribution in [0.5, 0.6) is 0 Å². The van der Waals surface area contributed by atoms with E-state index in [-0.39, 0.29) is 0 Å². The number of piperazine rings is 1. The Hall–Kier alpha value is -1.54. The molecular weight excluding hydrogens is 402 g/mol. The maximum atomic E-state index is 6.54. The Balaban J connectivity index is 1.74. The van der Waals surface area contributed by atoms with E-state index in [0.29, 0.717) is 32.9 Å². The van der Waals surface area contributed by atoms with E-state index in [9.17, 15) is 0 Å². The molecule has 0 bridgehead atoms. The SMILES string of the molecule is CCCCOCCOCCNC(=NC)NCc1c(Cl)cccc1N1CCN(C)CC1. The van der Waals surface area contributed by atoms with Crippen LogP contribution in [0.4, 0.5) is 5.69 Å². The summed E-state index contributed by atoms with van der Waals surface area (Å²) in [7, 11) is 3.93. The van der Waals surface area contributed by atoms with Gasteiger partial charge in [0.05, 0.1) is 19.8 Å². The molecule has 7 nitrogen and oxygen atoms in total. The van der Waals surface area contributed by atoms with E-state index in [1.165, 1.54) is 5.69 Å². The number of hydrogen-bond donors (Lipinski definition) is 2. The maximum Gasteiger partial charge on any atom is 0.191 e. The summed E-state index contributed by atoms with van der Waals surface area (Å²) in [5.74, 6) is 0.738. The first-order chi connectivity index (χ1) is 14.7. The zero-order chi connectivity index (χ0) is 21.6. The lowest BCUT2D eigenvalue weighted by Crippen LogP contribution is -2.45. The molecule has 0 aliphatic carbocycles. The first-order valence-corrected chi connectivity index (χ1v) is 11.3. The molecule has 1 fully saturated rings. The van der Waals surface area contributed by atoms with Crippen LogP contribution in [0.2, 0.25) is 5.02 Å². The maximum absolute atomic E-state index is 6.54. The van der Waals surface area contributed by atoms with E-state index in [2.05, 4.69) is 45.5 Å². The molecule has 0 atom stereocenters. The molecule has 30 heavy (non-hydrogen) atoms. The number of guanidine groups is 1. The van der Waals surface area contributed by atoms with Crippen molar-refractivity contribution in [3.63, 3.8) is 0 Å². The van der Waals surface area contributed by atoms with Crippen LogP contribution >= 0.6 is 11.6 Å². The molecule has 0 spiro atoms. The zero-order valence-electron chi connectivity index (χ0n) is 18.8. The molecule has 1 saturated heterocycles. The molecule has 0 saturated carbocycles. The van der Waals surface area contributed by atoms with Crippen molar-refractivity contribution in [3.05, 3.63) is 28.8 Å². The molecule has 2 N–H and O–H groups in total. The summed E-state index contributed by atoms with van der Waals surface area (Å²) in [6.07, 6.45) is 2.26. The van der Waals surface area contributed by atoms with Gasteiger partial charge >= 0.3 is 0 Å². The third-order valence-electron chi connectivity index (χ3n) is 5.15. The molecule has 0 unspecified atom stereocenters. The van der Waals surface area contributed by atoms with Gasteiger partial charge in [-0.3, -0.25) is 4.99 Å². The molecule has 170 valence electrons. The molecule has 1 aliphatic rings. The van der Waals surface area contributed by atoms with Gasteiger partial charge in [-0.2, -0.15) is 0 Å². The summed E-state index contributed by atoms with van der Waals surface area (Å²) in [5.41, 5.74) is 2.30. The number of nitrogens with one attached hydrogen (secondary N) is 2. The quantitative estimate of drug-likeness (QED) is 0.296. The number of anilines is 1. The van der Waals surface area contributed by atoms with Gasteiger partial charge in [-0.05, 0) is 25.6 Å². The fourth-order valence-corrected chi connectivity index (χ4v) is 3.50. The van der Waals surface area contributed by atoms with Crippen LogP contribution in [0.3, 0.4) is 0 Å². The van der Waals surface area contributed by atoms with E-state index in [1.54, 1.807) is 7.05 Å². The van der Waals surface area contributed by atoms with Gasteiger partial charge in [-0.25, -0.2) is 0 Å². The van der Waals surface area contributed by atoms with Gasteiger partial charge in [0.25, 0.3) is 0 Å². The predicted molar refractivity (Wildman–Crippen MR) is 126 cm³/mol. The van der Waals surface area contributed by atoms with Crippen LogP contribution in [-0.2, 0) is 16.0 Å². The van der Waals surface area contributed by atoms with Crippen molar-refractivity contribution in [2.45, 2.75) is 26.3 Å². The van der Waals surface area contributed by atoms with Gasteiger partial charge in [0.2, 0.25) is 0 Å². The minimum Gasteiger partial charge on any atom is -0.379 e. The van der Waals surface area contributed by atoms with E-state index in [0.717, 1.165) is 62.2 Å².